The lowest BCUT2D eigenvalue weighted by atomic mass is 9.98. The first-order chi connectivity index (χ1) is 12.5. The lowest BCUT2D eigenvalue weighted by Gasteiger charge is -2.35. The summed E-state index contributed by atoms with van der Waals surface area (Å²) in [6.07, 6.45) is 2.04. The third kappa shape index (κ3) is 3.78. The number of hydrogen-bond donors (Lipinski definition) is 1. The molecule has 5 nitrogen and oxygen atoms in total. The minimum Gasteiger partial charge on any atom is -0.496 e. The van der Waals surface area contributed by atoms with Gasteiger partial charge in [-0.3, -0.25) is 0 Å². The summed E-state index contributed by atoms with van der Waals surface area (Å²) in [4.78, 5) is 17.0. The fourth-order valence-electron chi connectivity index (χ4n) is 3.81. The number of piperidine rings is 1. The highest BCUT2D eigenvalue weighted by Gasteiger charge is 2.26. The first-order valence-electron chi connectivity index (χ1n) is 9.28. The second kappa shape index (κ2) is 7.96. The van der Waals surface area contributed by atoms with Crippen LogP contribution in [-0.2, 0) is 0 Å². The average molecular weight is 355 g/mol. The number of ether oxygens (including phenoxy) is 1. The van der Waals surface area contributed by atoms with Crippen LogP contribution in [0.5, 0.6) is 5.75 Å². The molecule has 1 unspecified atom stereocenters. The van der Waals surface area contributed by atoms with Crippen LogP contribution in [0.4, 0.5) is 4.79 Å². The van der Waals surface area contributed by atoms with Crippen molar-refractivity contribution in [2.45, 2.75) is 31.8 Å². The lowest BCUT2D eigenvalue weighted by Crippen LogP contribution is -2.48. The van der Waals surface area contributed by atoms with Crippen molar-refractivity contribution >= 4 is 16.8 Å². The monoisotopic (exact) mass is 355 g/mol. The van der Waals surface area contributed by atoms with E-state index < -0.39 is 0 Å². The van der Waals surface area contributed by atoms with Gasteiger partial charge in [0.15, 0.2) is 0 Å². The Kier molecular flexibility index (Phi) is 5.67. The van der Waals surface area contributed by atoms with E-state index in [4.69, 9.17) is 4.74 Å². The molecule has 1 N–H and O–H groups in total. The molecule has 1 saturated heterocycles. The summed E-state index contributed by atoms with van der Waals surface area (Å²) in [5.41, 5.74) is 1.02. The van der Waals surface area contributed by atoms with Crippen molar-refractivity contribution in [3.8, 4) is 5.75 Å². The van der Waals surface area contributed by atoms with Crippen LogP contribution in [0.25, 0.3) is 10.8 Å². The van der Waals surface area contributed by atoms with Gasteiger partial charge in [0.1, 0.15) is 5.75 Å². The number of methoxy groups -OCH3 is 1. The summed E-state index contributed by atoms with van der Waals surface area (Å²) in [6, 6.07) is 12.4. The first-order valence-corrected chi connectivity index (χ1v) is 9.28. The van der Waals surface area contributed by atoms with Crippen LogP contribution in [-0.4, -0.2) is 56.2 Å². The molecule has 2 amide bonds. The fraction of sp³-hybridized carbons (Fsp3) is 0.476. The molecular weight excluding hydrogens is 326 g/mol. The Morgan fingerprint density at radius 2 is 1.92 bits per heavy atom. The largest absolute Gasteiger partial charge is 0.496 e. The third-order valence-corrected chi connectivity index (χ3v) is 5.48. The van der Waals surface area contributed by atoms with E-state index in [9.17, 15) is 4.79 Å². The standard InChI is InChI=1S/C21H29N3O2/c1-15(22-21(25)24(3)17-11-13-23(2)14-12-17)20-18-8-6-5-7-16(18)9-10-19(20)26-4/h5-10,15,17H,11-14H2,1-4H3,(H,22,25). The van der Waals surface area contributed by atoms with E-state index in [1.807, 2.05) is 37.1 Å². The van der Waals surface area contributed by atoms with Crippen molar-refractivity contribution in [3.05, 3.63) is 42.0 Å². The highest BCUT2D eigenvalue weighted by molar-refractivity contribution is 5.89. The number of benzene rings is 2. The van der Waals surface area contributed by atoms with Crippen LogP contribution >= 0.6 is 0 Å². The van der Waals surface area contributed by atoms with Crippen LogP contribution in [0, 0.1) is 0 Å². The number of nitrogens with zero attached hydrogens (tertiary/aromatic N) is 2. The molecule has 1 aliphatic rings. The van der Waals surface area contributed by atoms with Crippen molar-refractivity contribution in [1.29, 1.82) is 0 Å². The molecule has 2 aromatic carbocycles. The number of amides is 2. The van der Waals surface area contributed by atoms with E-state index in [1.54, 1.807) is 7.11 Å². The van der Waals surface area contributed by atoms with E-state index in [0.29, 0.717) is 6.04 Å². The minimum atomic E-state index is -0.141. The lowest BCUT2D eigenvalue weighted by molar-refractivity contribution is 0.146. The molecule has 1 atom stereocenters. The molecule has 0 aliphatic carbocycles. The van der Waals surface area contributed by atoms with Crippen molar-refractivity contribution in [2.75, 3.05) is 34.3 Å². The molecule has 0 bridgehead atoms. The Hall–Kier alpha value is -2.27. The topological polar surface area (TPSA) is 44.8 Å². The maximum absolute atomic E-state index is 12.8. The van der Waals surface area contributed by atoms with E-state index >= 15 is 0 Å². The molecule has 0 radical (unpaired) electrons. The molecule has 1 heterocycles. The third-order valence-electron chi connectivity index (χ3n) is 5.48. The van der Waals surface area contributed by atoms with Gasteiger partial charge in [-0.25, -0.2) is 4.79 Å². The number of fused-ring (bicyclic) bond motifs is 1. The smallest absolute Gasteiger partial charge is 0.317 e. The zero-order chi connectivity index (χ0) is 18.7. The van der Waals surface area contributed by atoms with Crippen molar-refractivity contribution in [2.24, 2.45) is 0 Å². The van der Waals surface area contributed by atoms with Gasteiger partial charge in [-0.1, -0.05) is 30.3 Å². The summed E-state index contributed by atoms with van der Waals surface area (Å²) < 4.78 is 5.57. The number of rotatable bonds is 4. The number of likely N-dealkylation sites (tertiary alicyclic amines) is 1. The number of urea groups is 1. The van der Waals surface area contributed by atoms with Crippen LogP contribution in [0.15, 0.2) is 36.4 Å². The molecule has 5 heteroatoms. The molecule has 1 aliphatic heterocycles. The summed E-state index contributed by atoms with van der Waals surface area (Å²) in [5, 5.41) is 5.42. The molecule has 3 rings (SSSR count). The second-order valence-electron chi connectivity index (χ2n) is 7.22. The SMILES string of the molecule is COc1ccc2ccccc2c1C(C)NC(=O)N(C)C1CCN(C)CC1. The van der Waals surface area contributed by atoms with Gasteiger partial charge < -0.3 is 19.9 Å². The summed E-state index contributed by atoms with van der Waals surface area (Å²) in [6.45, 7) is 4.09. The molecule has 1 fully saturated rings. The second-order valence-corrected chi connectivity index (χ2v) is 7.22. The maximum atomic E-state index is 12.8. The number of carbonyl (C=O) groups excluding carboxylic acids is 1. The van der Waals surface area contributed by atoms with Gasteiger partial charge in [-0.05, 0) is 56.7 Å². The first kappa shape index (κ1) is 18.5. The zero-order valence-electron chi connectivity index (χ0n) is 16.2. The minimum absolute atomic E-state index is 0.0259. The summed E-state index contributed by atoms with van der Waals surface area (Å²) >= 11 is 0. The van der Waals surface area contributed by atoms with E-state index in [-0.39, 0.29) is 12.1 Å². The Morgan fingerprint density at radius 1 is 1.23 bits per heavy atom. The molecule has 140 valence electrons. The highest BCUT2D eigenvalue weighted by atomic mass is 16.5. The number of hydrogen-bond acceptors (Lipinski definition) is 3. The number of nitrogens with one attached hydrogen (secondary N) is 1. The Labute approximate surface area is 155 Å². The fourth-order valence-corrected chi connectivity index (χ4v) is 3.81. The average Bonchev–Trinajstić information content (AvgIpc) is 2.66. The van der Waals surface area contributed by atoms with E-state index in [2.05, 4.69) is 35.5 Å². The highest BCUT2D eigenvalue weighted by Crippen LogP contribution is 2.33. The van der Waals surface area contributed by atoms with Crippen molar-refractivity contribution in [1.82, 2.24) is 15.1 Å². The molecule has 2 aromatic rings. The van der Waals surface area contributed by atoms with Gasteiger partial charge >= 0.3 is 6.03 Å². The normalized spacial score (nSPS) is 17.1. The molecule has 26 heavy (non-hydrogen) atoms. The predicted molar refractivity (Wildman–Crippen MR) is 106 cm³/mol. The molecule has 0 aromatic heterocycles. The number of carbonyl (C=O) groups is 1. The zero-order valence-corrected chi connectivity index (χ0v) is 16.2. The Bertz CT molecular complexity index is 769. The van der Waals surface area contributed by atoms with Gasteiger partial charge in [0, 0.05) is 18.7 Å². The van der Waals surface area contributed by atoms with E-state index in [0.717, 1.165) is 48.0 Å². The Balaban J connectivity index is 1.78. The summed E-state index contributed by atoms with van der Waals surface area (Å²) in [7, 11) is 5.70. The van der Waals surface area contributed by atoms with Gasteiger partial charge in [0.05, 0.1) is 13.2 Å². The Morgan fingerprint density at radius 3 is 2.62 bits per heavy atom. The summed E-state index contributed by atoms with van der Waals surface area (Å²) in [5.74, 6) is 0.804. The van der Waals surface area contributed by atoms with Gasteiger partial charge in [0.25, 0.3) is 0 Å². The van der Waals surface area contributed by atoms with Crippen LogP contribution in [0.3, 0.4) is 0 Å². The van der Waals surface area contributed by atoms with Crippen molar-refractivity contribution in [3.63, 3.8) is 0 Å². The van der Waals surface area contributed by atoms with Crippen LogP contribution in [0.1, 0.15) is 31.4 Å². The maximum Gasteiger partial charge on any atom is 0.317 e. The van der Waals surface area contributed by atoms with E-state index in [1.165, 1.54) is 0 Å². The van der Waals surface area contributed by atoms with Crippen molar-refractivity contribution < 1.29 is 9.53 Å². The van der Waals surface area contributed by atoms with Gasteiger partial charge in [-0.2, -0.15) is 0 Å². The van der Waals surface area contributed by atoms with Gasteiger partial charge in [-0.15, -0.1) is 0 Å². The quantitative estimate of drug-likeness (QED) is 0.911. The molecule has 0 saturated carbocycles. The predicted octanol–water partition coefficient (Wildman–Crippen LogP) is 3.65. The molecular formula is C21H29N3O2. The van der Waals surface area contributed by atoms with Gasteiger partial charge in [0.2, 0.25) is 0 Å². The van der Waals surface area contributed by atoms with Crippen LogP contribution in [0.2, 0.25) is 0 Å². The molecule has 0 spiro atoms. The van der Waals surface area contributed by atoms with Crippen LogP contribution < -0.4 is 10.1 Å².